The first-order valence-corrected chi connectivity index (χ1v) is 5.97. The maximum Gasteiger partial charge on any atom is 0.142 e. The van der Waals surface area contributed by atoms with Crippen LogP contribution in [0.4, 0.5) is 0 Å². The van der Waals surface area contributed by atoms with Crippen LogP contribution >= 0.6 is 0 Å². The lowest BCUT2D eigenvalue weighted by atomic mass is 10.0. The Balaban J connectivity index is 2.33. The lowest BCUT2D eigenvalue weighted by Gasteiger charge is -2.13. The third kappa shape index (κ3) is 5.50. The van der Waals surface area contributed by atoms with Crippen LogP contribution in [0.1, 0.15) is 32.8 Å². The van der Waals surface area contributed by atoms with Gasteiger partial charge in [0, 0.05) is 6.42 Å². The molecule has 0 aliphatic heterocycles. The van der Waals surface area contributed by atoms with Crippen LogP contribution in [-0.2, 0) is 11.4 Å². The molecule has 3 nitrogen and oxygen atoms in total. The van der Waals surface area contributed by atoms with Gasteiger partial charge in [0.1, 0.15) is 6.61 Å². The zero-order valence-electron chi connectivity index (χ0n) is 10.8. The highest BCUT2D eigenvalue weighted by Crippen LogP contribution is 2.07. The van der Waals surface area contributed by atoms with E-state index in [9.17, 15) is 5.11 Å². The van der Waals surface area contributed by atoms with Crippen LogP contribution in [0.25, 0.3) is 0 Å². The highest BCUT2D eigenvalue weighted by atomic mass is 16.6. The van der Waals surface area contributed by atoms with E-state index in [1.807, 2.05) is 51.1 Å². The fourth-order valence-electron chi connectivity index (χ4n) is 1.37. The third-order valence-electron chi connectivity index (χ3n) is 2.57. The molecule has 94 valence electrons. The van der Waals surface area contributed by atoms with E-state index in [1.54, 1.807) is 0 Å². The number of aliphatic hydroxyl groups excluding tert-OH is 1. The van der Waals surface area contributed by atoms with Gasteiger partial charge in [0.2, 0.25) is 0 Å². The summed E-state index contributed by atoms with van der Waals surface area (Å²) < 4.78 is 0. The largest absolute Gasteiger partial charge is 0.392 e. The molecule has 1 aromatic rings. The molecule has 0 saturated heterocycles. The van der Waals surface area contributed by atoms with Gasteiger partial charge in [-0.15, -0.1) is 0 Å². The molecule has 0 amide bonds. The normalized spacial score (nSPS) is 13.8. The van der Waals surface area contributed by atoms with Crippen LogP contribution in [-0.4, -0.2) is 16.9 Å². The first-order chi connectivity index (χ1) is 8.09. The molecule has 1 N–H and O–H groups in total. The summed E-state index contributed by atoms with van der Waals surface area (Å²) in [6, 6.07) is 9.90. The number of hydrogen-bond acceptors (Lipinski definition) is 3. The molecule has 1 unspecified atom stereocenters. The van der Waals surface area contributed by atoms with Gasteiger partial charge in [0.05, 0.1) is 11.8 Å². The summed E-state index contributed by atoms with van der Waals surface area (Å²) in [4.78, 5) is 5.24. The van der Waals surface area contributed by atoms with Gasteiger partial charge in [0.25, 0.3) is 0 Å². The van der Waals surface area contributed by atoms with Crippen molar-refractivity contribution in [3.63, 3.8) is 0 Å². The Morgan fingerprint density at radius 2 is 1.94 bits per heavy atom. The number of hydrogen-bond donors (Lipinski definition) is 1. The summed E-state index contributed by atoms with van der Waals surface area (Å²) in [5, 5.41) is 13.7. The molecular weight excluding hydrogens is 214 g/mol. The van der Waals surface area contributed by atoms with E-state index in [0.717, 1.165) is 11.3 Å². The molecule has 0 radical (unpaired) electrons. The summed E-state index contributed by atoms with van der Waals surface area (Å²) in [5.41, 5.74) is 1.91. The van der Waals surface area contributed by atoms with E-state index in [2.05, 4.69) is 5.16 Å². The Morgan fingerprint density at radius 3 is 2.53 bits per heavy atom. The Hall–Kier alpha value is -1.35. The van der Waals surface area contributed by atoms with Crippen LogP contribution < -0.4 is 0 Å². The fourth-order valence-corrected chi connectivity index (χ4v) is 1.37. The summed E-state index contributed by atoms with van der Waals surface area (Å²) in [6.45, 7) is 6.32. The van der Waals surface area contributed by atoms with Crippen LogP contribution in [0.15, 0.2) is 35.5 Å². The van der Waals surface area contributed by atoms with Gasteiger partial charge < -0.3 is 9.94 Å². The molecule has 0 aromatic heterocycles. The zero-order chi connectivity index (χ0) is 12.7. The van der Waals surface area contributed by atoms with Crippen molar-refractivity contribution < 1.29 is 9.94 Å². The molecule has 17 heavy (non-hydrogen) atoms. The molecule has 0 saturated carbocycles. The molecule has 1 aromatic carbocycles. The van der Waals surface area contributed by atoms with E-state index in [-0.39, 0.29) is 12.0 Å². The van der Waals surface area contributed by atoms with E-state index < -0.39 is 0 Å². The maximum atomic E-state index is 9.68. The molecule has 1 rings (SSSR count). The second kappa shape index (κ2) is 7.07. The number of nitrogens with zero attached hydrogens (tertiary/aromatic N) is 1. The van der Waals surface area contributed by atoms with Crippen LogP contribution in [0, 0.1) is 5.92 Å². The van der Waals surface area contributed by atoms with Gasteiger partial charge in [-0.05, 0) is 18.4 Å². The van der Waals surface area contributed by atoms with E-state index in [4.69, 9.17) is 4.84 Å². The Morgan fingerprint density at radius 1 is 1.29 bits per heavy atom. The van der Waals surface area contributed by atoms with Gasteiger partial charge in [-0.1, -0.05) is 49.3 Å². The summed E-state index contributed by atoms with van der Waals surface area (Å²) >= 11 is 0. The quantitative estimate of drug-likeness (QED) is 0.608. The van der Waals surface area contributed by atoms with E-state index in [1.165, 1.54) is 0 Å². The summed E-state index contributed by atoms with van der Waals surface area (Å²) in [7, 11) is 0. The molecule has 3 heteroatoms. The predicted octanol–water partition coefficient (Wildman–Crippen LogP) is 2.99. The van der Waals surface area contributed by atoms with Crippen molar-refractivity contribution in [2.45, 2.75) is 39.9 Å². The van der Waals surface area contributed by atoms with Crippen molar-refractivity contribution in [3.05, 3.63) is 35.9 Å². The molecule has 0 aliphatic rings. The average Bonchev–Trinajstić information content (AvgIpc) is 2.30. The second-order valence-electron chi connectivity index (χ2n) is 4.60. The Bertz CT molecular complexity index is 346. The number of benzene rings is 1. The lowest BCUT2D eigenvalue weighted by molar-refractivity contribution is 0.117. The molecule has 0 aliphatic carbocycles. The van der Waals surface area contributed by atoms with Crippen LogP contribution in [0.3, 0.4) is 0 Å². The molecule has 0 spiro atoms. The van der Waals surface area contributed by atoms with Crippen molar-refractivity contribution in [2.75, 3.05) is 0 Å². The highest BCUT2D eigenvalue weighted by Gasteiger charge is 2.10. The monoisotopic (exact) mass is 235 g/mol. The van der Waals surface area contributed by atoms with Gasteiger partial charge in [0.15, 0.2) is 0 Å². The first kappa shape index (κ1) is 13.7. The smallest absolute Gasteiger partial charge is 0.142 e. The topological polar surface area (TPSA) is 41.8 Å². The first-order valence-electron chi connectivity index (χ1n) is 5.97. The number of aliphatic hydroxyl groups is 1. The summed E-state index contributed by atoms with van der Waals surface area (Å²) in [5.74, 6) is 0.245. The summed E-state index contributed by atoms with van der Waals surface area (Å²) in [6.07, 6.45) is 0.214. The van der Waals surface area contributed by atoms with E-state index >= 15 is 0 Å². The van der Waals surface area contributed by atoms with Gasteiger partial charge in [-0.3, -0.25) is 0 Å². The molecule has 1 atom stereocenters. The van der Waals surface area contributed by atoms with Crippen molar-refractivity contribution in [3.8, 4) is 0 Å². The highest BCUT2D eigenvalue weighted by molar-refractivity contribution is 5.81. The van der Waals surface area contributed by atoms with Gasteiger partial charge >= 0.3 is 0 Å². The minimum absolute atomic E-state index is 0.245. The SMILES string of the molecule is C/C(CC(O)C(C)C)=N\OCc1ccccc1. The number of rotatable bonds is 6. The van der Waals surface area contributed by atoms with E-state index in [0.29, 0.717) is 13.0 Å². The van der Waals surface area contributed by atoms with Crippen LogP contribution in [0.2, 0.25) is 0 Å². The Labute approximate surface area is 103 Å². The van der Waals surface area contributed by atoms with Crippen LogP contribution in [0.5, 0.6) is 0 Å². The fraction of sp³-hybridized carbons (Fsp3) is 0.500. The van der Waals surface area contributed by atoms with Crippen molar-refractivity contribution >= 4 is 5.71 Å². The third-order valence-corrected chi connectivity index (χ3v) is 2.57. The molecular formula is C14H21NO2. The van der Waals surface area contributed by atoms with Crippen molar-refractivity contribution in [1.29, 1.82) is 0 Å². The van der Waals surface area contributed by atoms with Crippen molar-refractivity contribution in [1.82, 2.24) is 0 Å². The van der Waals surface area contributed by atoms with Crippen molar-refractivity contribution in [2.24, 2.45) is 11.1 Å². The molecule has 0 heterocycles. The lowest BCUT2D eigenvalue weighted by Crippen LogP contribution is -2.18. The zero-order valence-corrected chi connectivity index (χ0v) is 10.8. The Kier molecular flexibility index (Phi) is 5.70. The van der Waals surface area contributed by atoms with Gasteiger partial charge in [-0.2, -0.15) is 0 Å². The minimum atomic E-state index is -0.348. The molecule has 0 fully saturated rings. The second-order valence-corrected chi connectivity index (χ2v) is 4.60. The van der Waals surface area contributed by atoms with Gasteiger partial charge in [-0.25, -0.2) is 0 Å². The predicted molar refractivity (Wildman–Crippen MR) is 69.8 cm³/mol. The number of oxime groups is 1. The average molecular weight is 235 g/mol. The standard InChI is InChI=1S/C14H21NO2/c1-11(2)14(16)9-12(3)15-17-10-13-7-5-4-6-8-13/h4-8,11,14,16H,9-10H2,1-3H3/b15-12+. The maximum absolute atomic E-state index is 9.68. The minimum Gasteiger partial charge on any atom is -0.392 e. The molecule has 0 bridgehead atoms.